The van der Waals surface area contributed by atoms with Crippen molar-refractivity contribution in [3.8, 4) is 5.75 Å². The molecule has 0 saturated carbocycles. The van der Waals surface area contributed by atoms with E-state index in [1.54, 1.807) is 37.3 Å². The van der Waals surface area contributed by atoms with Crippen LogP contribution in [0.1, 0.15) is 57.6 Å². The van der Waals surface area contributed by atoms with Crippen molar-refractivity contribution in [2.75, 3.05) is 5.75 Å². The molecule has 0 radical (unpaired) electrons. The zero-order chi connectivity index (χ0) is 27.7. The summed E-state index contributed by atoms with van der Waals surface area (Å²) in [6, 6.07) is 18.6. The molecule has 38 heavy (non-hydrogen) atoms. The molecular formula is C30H33FN2O4S. The van der Waals surface area contributed by atoms with Gasteiger partial charge in [0.05, 0.1) is 21.7 Å². The summed E-state index contributed by atoms with van der Waals surface area (Å²) in [5.41, 5.74) is 2.27. The predicted molar refractivity (Wildman–Crippen MR) is 147 cm³/mol. The number of aromatic nitrogens is 2. The third kappa shape index (κ3) is 5.96. The number of hydrogen-bond donors (Lipinski definition) is 0. The van der Waals surface area contributed by atoms with Crippen molar-refractivity contribution in [3.63, 3.8) is 0 Å². The van der Waals surface area contributed by atoms with E-state index in [1.807, 2.05) is 38.1 Å². The number of benzene rings is 3. The normalized spacial score (nSPS) is 12.3. The largest absolute Gasteiger partial charge is 0.480 e. The number of fused-ring (bicyclic) bond motifs is 1. The van der Waals surface area contributed by atoms with Crippen LogP contribution in [0.4, 0.5) is 4.39 Å². The van der Waals surface area contributed by atoms with Gasteiger partial charge in [0.1, 0.15) is 17.3 Å². The number of ether oxygens (including phenoxy) is 1. The van der Waals surface area contributed by atoms with Crippen LogP contribution >= 0.6 is 0 Å². The second-order valence-corrected chi connectivity index (χ2v) is 12.5. The molecule has 3 aromatic carbocycles. The molecule has 1 aromatic heterocycles. The lowest BCUT2D eigenvalue weighted by atomic mass is 10.0. The number of hydrogen-bond acceptors (Lipinski definition) is 5. The Bertz CT molecular complexity index is 1550. The van der Waals surface area contributed by atoms with Gasteiger partial charge < -0.3 is 9.30 Å². The summed E-state index contributed by atoms with van der Waals surface area (Å²) in [6.07, 6.45) is 0.483. The fourth-order valence-electron chi connectivity index (χ4n) is 4.53. The van der Waals surface area contributed by atoms with Crippen LogP contribution in [0, 0.1) is 5.82 Å². The van der Waals surface area contributed by atoms with Crippen molar-refractivity contribution >= 4 is 26.7 Å². The van der Waals surface area contributed by atoms with Gasteiger partial charge in [0.2, 0.25) is 0 Å². The fourth-order valence-corrected chi connectivity index (χ4v) is 5.42. The van der Waals surface area contributed by atoms with Gasteiger partial charge in [0, 0.05) is 24.9 Å². The molecule has 0 spiro atoms. The number of nitrogens with zero attached hydrogens (tertiary/aromatic N) is 2. The van der Waals surface area contributed by atoms with Gasteiger partial charge in [-0.05, 0) is 75.2 Å². The molecule has 4 rings (SSSR count). The molecule has 1 heterocycles. The molecule has 0 saturated heterocycles. The van der Waals surface area contributed by atoms with E-state index < -0.39 is 15.4 Å². The molecule has 200 valence electrons. The van der Waals surface area contributed by atoms with Gasteiger partial charge in [-0.15, -0.1) is 0 Å². The van der Waals surface area contributed by atoms with Gasteiger partial charge in [0.15, 0.2) is 21.3 Å². The highest BCUT2D eigenvalue weighted by Gasteiger charge is 2.31. The number of halogens is 1. The molecule has 0 aliphatic rings. The maximum Gasteiger partial charge on any atom is 0.178 e. The maximum absolute atomic E-state index is 13.8. The van der Waals surface area contributed by atoms with Gasteiger partial charge in [0.25, 0.3) is 0 Å². The quantitative estimate of drug-likeness (QED) is 0.241. The van der Waals surface area contributed by atoms with E-state index in [2.05, 4.69) is 18.4 Å². The van der Waals surface area contributed by atoms with E-state index in [4.69, 9.17) is 9.72 Å². The van der Waals surface area contributed by atoms with Gasteiger partial charge in [-0.2, -0.15) is 0 Å². The van der Waals surface area contributed by atoms with E-state index in [-0.39, 0.29) is 41.1 Å². The van der Waals surface area contributed by atoms with Gasteiger partial charge in [-0.1, -0.05) is 31.2 Å². The maximum atomic E-state index is 13.8. The van der Waals surface area contributed by atoms with Crippen molar-refractivity contribution in [1.82, 2.24) is 9.55 Å². The highest BCUT2D eigenvalue weighted by atomic mass is 32.2. The molecule has 0 N–H and O–H groups in total. The molecule has 0 fully saturated rings. The second-order valence-electron chi connectivity index (χ2n) is 10.2. The molecule has 8 heteroatoms. The molecule has 0 unspecified atom stereocenters. The van der Waals surface area contributed by atoms with E-state index in [0.29, 0.717) is 17.1 Å². The molecule has 6 nitrogen and oxygen atoms in total. The Hall–Kier alpha value is -3.52. The zero-order valence-corrected chi connectivity index (χ0v) is 23.2. The summed E-state index contributed by atoms with van der Waals surface area (Å²) < 4.78 is 46.2. The van der Waals surface area contributed by atoms with E-state index in [9.17, 15) is 17.6 Å². The standard InChI is InChI=1S/C30H33FN2O4S/c1-6-38(35,36)26-14-9-22(10-15-26)18-24(34)17-21-7-12-25(13-8-21)37-30(4,5)29-32-27-19-23(31)11-16-28(27)33(29)20(2)3/h7-16,19-20H,6,17-18H2,1-5H3. The number of Topliss-reactive ketones (excluding diaryl/α,β-unsaturated/α-hetero) is 1. The van der Waals surface area contributed by atoms with Gasteiger partial charge in [-0.25, -0.2) is 17.8 Å². The molecule has 0 bridgehead atoms. The van der Waals surface area contributed by atoms with Crippen LogP contribution < -0.4 is 4.74 Å². The van der Waals surface area contributed by atoms with Crippen molar-refractivity contribution in [1.29, 1.82) is 0 Å². The zero-order valence-electron chi connectivity index (χ0n) is 22.4. The number of ketones is 1. The third-order valence-corrected chi connectivity index (χ3v) is 8.22. The summed E-state index contributed by atoms with van der Waals surface area (Å²) in [6.45, 7) is 9.57. The number of carbonyl (C=O) groups excluding carboxylic acids is 1. The first-order valence-electron chi connectivity index (χ1n) is 12.7. The molecule has 0 atom stereocenters. The molecular weight excluding hydrogens is 503 g/mol. The fraction of sp³-hybridized carbons (Fsp3) is 0.333. The Morgan fingerprint density at radius 3 is 2.11 bits per heavy atom. The van der Waals surface area contributed by atoms with Crippen molar-refractivity contribution in [3.05, 3.63) is 89.5 Å². The minimum absolute atomic E-state index is 0.0305. The topological polar surface area (TPSA) is 78.3 Å². The predicted octanol–water partition coefficient (Wildman–Crippen LogP) is 6.22. The van der Waals surface area contributed by atoms with Crippen LogP contribution in [-0.2, 0) is 33.1 Å². The van der Waals surface area contributed by atoms with Crippen molar-refractivity contribution in [2.45, 2.75) is 64.0 Å². The van der Waals surface area contributed by atoms with Gasteiger partial charge in [-0.3, -0.25) is 4.79 Å². The summed E-state index contributed by atoms with van der Waals surface area (Å²) in [5.74, 6) is 1.07. The summed E-state index contributed by atoms with van der Waals surface area (Å²) in [7, 11) is -3.26. The Morgan fingerprint density at radius 2 is 1.55 bits per heavy atom. The van der Waals surface area contributed by atoms with E-state index >= 15 is 0 Å². The lowest BCUT2D eigenvalue weighted by Gasteiger charge is -2.28. The van der Waals surface area contributed by atoms with Gasteiger partial charge >= 0.3 is 0 Å². The third-order valence-electron chi connectivity index (χ3n) is 6.47. The first-order valence-corrected chi connectivity index (χ1v) is 14.3. The first kappa shape index (κ1) is 27.5. The lowest BCUT2D eigenvalue weighted by Crippen LogP contribution is -2.30. The molecule has 0 aliphatic carbocycles. The van der Waals surface area contributed by atoms with Crippen LogP contribution in [0.25, 0.3) is 11.0 Å². The summed E-state index contributed by atoms with van der Waals surface area (Å²) in [5, 5.41) is 0. The highest BCUT2D eigenvalue weighted by Crippen LogP contribution is 2.32. The number of imidazole rings is 1. The number of carbonyl (C=O) groups is 1. The first-order chi connectivity index (χ1) is 17.9. The highest BCUT2D eigenvalue weighted by molar-refractivity contribution is 7.91. The lowest BCUT2D eigenvalue weighted by molar-refractivity contribution is -0.117. The minimum atomic E-state index is -3.26. The Morgan fingerprint density at radius 1 is 0.974 bits per heavy atom. The molecule has 4 aromatic rings. The van der Waals surface area contributed by atoms with Crippen LogP contribution in [0.3, 0.4) is 0 Å². The summed E-state index contributed by atoms with van der Waals surface area (Å²) >= 11 is 0. The summed E-state index contributed by atoms with van der Waals surface area (Å²) in [4.78, 5) is 17.6. The Kier molecular flexibility index (Phi) is 7.74. The molecule has 0 amide bonds. The Labute approximate surface area is 223 Å². The monoisotopic (exact) mass is 536 g/mol. The smallest absolute Gasteiger partial charge is 0.178 e. The second kappa shape index (κ2) is 10.7. The minimum Gasteiger partial charge on any atom is -0.480 e. The van der Waals surface area contributed by atoms with Crippen LogP contribution in [-0.4, -0.2) is 29.5 Å². The van der Waals surface area contributed by atoms with Crippen LogP contribution in [0.5, 0.6) is 5.75 Å². The van der Waals surface area contributed by atoms with Crippen molar-refractivity contribution in [2.24, 2.45) is 0 Å². The van der Waals surface area contributed by atoms with Crippen LogP contribution in [0.2, 0.25) is 0 Å². The number of rotatable bonds is 10. The number of sulfone groups is 1. The van der Waals surface area contributed by atoms with E-state index in [1.165, 1.54) is 12.1 Å². The molecule has 0 aliphatic heterocycles. The van der Waals surface area contributed by atoms with Crippen molar-refractivity contribution < 1.29 is 22.3 Å². The average Bonchev–Trinajstić information content (AvgIpc) is 3.25. The average molecular weight is 537 g/mol. The SMILES string of the molecule is CCS(=O)(=O)c1ccc(CC(=O)Cc2ccc(OC(C)(C)c3nc4cc(F)ccc4n3C(C)C)cc2)cc1. The van der Waals surface area contributed by atoms with E-state index in [0.717, 1.165) is 16.6 Å². The van der Waals surface area contributed by atoms with Crippen LogP contribution in [0.15, 0.2) is 71.6 Å². The Balaban J connectivity index is 1.44.